The van der Waals surface area contributed by atoms with Crippen LogP contribution in [0.15, 0.2) is 53.5 Å². The maximum atomic E-state index is 12.3. The van der Waals surface area contributed by atoms with Crippen LogP contribution in [0.1, 0.15) is 21.8 Å². The Labute approximate surface area is 167 Å². The molecule has 2 aromatic carbocycles. The Hall–Kier alpha value is -3.88. The number of rotatable bonds is 6. The summed E-state index contributed by atoms with van der Waals surface area (Å²) >= 11 is 0. The molecule has 1 atom stereocenters. The minimum atomic E-state index is -1.09. The zero-order valence-electron chi connectivity index (χ0n) is 16.3. The van der Waals surface area contributed by atoms with E-state index in [1.807, 2.05) is 0 Å². The zero-order chi connectivity index (χ0) is 21.6. The molecule has 0 saturated heterocycles. The van der Waals surface area contributed by atoms with E-state index in [0.29, 0.717) is 16.8 Å². The van der Waals surface area contributed by atoms with Crippen LogP contribution < -0.4 is 16.2 Å². The Bertz CT molecular complexity index is 917. The third-order valence-electron chi connectivity index (χ3n) is 3.91. The largest absolute Gasteiger partial charge is 0.468 e. The number of hydrogen-bond donors (Lipinski definition) is 2. The number of nitrogens with two attached hydrogens (primary N) is 2. The fourth-order valence-corrected chi connectivity index (χ4v) is 2.47. The van der Waals surface area contributed by atoms with Crippen LogP contribution in [0.4, 0.5) is 5.69 Å². The first kappa shape index (κ1) is 21.4. The number of benzene rings is 2. The molecular weight excluding hydrogens is 376 g/mol. The van der Waals surface area contributed by atoms with Crippen LogP contribution in [-0.2, 0) is 14.3 Å². The van der Waals surface area contributed by atoms with Gasteiger partial charge in [-0.15, -0.1) is 0 Å². The molecule has 0 spiro atoms. The molecule has 0 fully saturated rings. The second kappa shape index (κ2) is 9.36. The van der Waals surface area contributed by atoms with Crippen molar-refractivity contribution in [1.29, 1.82) is 0 Å². The van der Waals surface area contributed by atoms with Gasteiger partial charge in [-0.05, 0) is 42.0 Å². The van der Waals surface area contributed by atoms with Gasteiger partial charge in [-0.2, -0.15) is 0 Å². The van der Waals surface area contributed by atoms with E-state index in [1.54, 1.807) is 26.2 Å². The van der Waals surface area contributed by atoms with Gasteiger partial charge >= 0.3 is 11.9 Å². The maximum Gasteiger partial charge on any atom is 0.343 e. The molecule has 0 aliphatic carbocycles. The minimum absolute atomic E-state index is 0.0848. The lowest BCUT2D eigenvalue weighted by Crippen LogP contribution is -2.33. The molecule has 0 radical (unpaired) electrons. The van der Waals surface area contributed by atoms with Crippen LogP contribution in [0.3, 0.4) is 0 Å². The van der Waals surface area contributed by atoms with Gasteiger partial charge in [0.15, 0.2) is 11.9 Å². The van der Waals surface area contributed by atoms with Crippen LogP contribution in [0.25, 0.3) is 0 Å². The highest BCUT2D eigenvalue weighted by molar-refractivity contribution is 6.03. The molecule has 152 valence electrons. The lowest BCUT2D eigenvalue weighted by atomic mass is 9.98. The zero-order valence-corrected chi connectivity index (χ0v) is 16.3. The predicted molar refractivity (Wildman–Crippen MR) is 107 cm³/mol. The molecule has 4 N–H and O–H groups in total. The summed E-state index contributed by atoms with van der Waals surface area (Å²) in [7, 11) is 4.31. The molecule has 9 nitrogen and oxygen atoms in total. The third kappa shape index (κ3) is 5.55. The van der Waals surface area contributed by atoms with Gasteiger partial charge in [0.1, 0.15) is 5.75 Å². The van der Waals surface area contributed by atoms with Crippen molar-refractivity contribution in [3.05, 3.63) is 59.7 Å². The summed E-state index contributed by atoms with van der Waals surface area (Å²) in [6.07, 6.45) is 0. The lowest BCUT2D eigenvalue weighted by Gasteiger charge is -2.19. The van der Waals surface area contributed by atoms with E-state index < -0.39 is 23.8 Å². The SMILES string of the molecule is COC(=O)C(C(=O)N(C)C)c1ccc(OC(=O)c2ccc(N=C(N)N)cc2)cc1. The van der Waals surface area contributed by atoms with Crippen molar-refractivity contribution >= 4 is 29.5 Å². The predicted octanol–water partition coefficient (Wildman–Crippen LogP) is 1.16. The lowest BCUT2D eigenvalue weighted by molar-refractivity contribution is -0.148. The van der Waals surface area contributed by atoms with Crippen molar-refractivity contribution in [2.45, 2.75) is 5.92 Å². The molecule has 0 aliphatic heterocycles. The Morgan fingerprint density at radius 3 is 2.03 bits per heavy atom. The molecule has 1 amide bonds. The molecule has 1 unspecified atom stereocenters. The summed E-state index contributed by atoms with van der Waals surface area (Å²) < 4.78 is 10.0. The monoisotopic (exact) mass is 398 g/mol. The molecule has 0 aliphatic rings. The van der Waals surface area contributed by atoms with E-state index in [9.17, 15) is 14.4 Å². The highest BCUT2D eigenvalue weighted by Crippen LogP contribution is 2.23. The Balaban J connectivity index is 2.15. The van der Waals surface area contributed by atoms with Gasteiger partial charge < -0.3 is 25.8 Å². The third-order valence-corrected chi connectivity index (χ3v) is 3.91. The van der Waals surface area contributed by atoms with Crippen LogP contribution in [0.5, 0.6) is 5.75 Å². The van der Waals surface area contributed by atoms with Gasteiger partial charge in [-0.25, -0.2) is 9.79 Å². The highest BCUT2D eigenvalue weighted by Gasteiger charge is 2.30. The number of nitrogens with zero attached hydrogens (tertiary/aromatic N) is 2. The molecule has 0 saturated carbocycles. The molecule has 0 heterocycles. The molecular formula is C20H22N4O5. The van der Waals surface area contributed by atoms with Crippen molar-refractivity contribution in [3.63, 3.8) is 0 Å². The second-order valence-electron chi connectivity index (χ2n) is 6.23. The summed E-state index contributed by atoms with van der Waals surface area (Å²) in [6.45, 7) is 0. The van der Waals surface area contributed by atoms with E-state index in [-0.39, 0.29) is 11.7 Å². The smallest absolute Gasteiger partial charge is 0.343 e. The van der Waals surface area contributed by atoms with Crippen molar-refractivity contribution in [2.24, 2.45) is 16.5 Å². The first-order valence-electron chi connectivity index (χ1n) is 8.53. The number of methoxy groups -OCH3 is 1. The van der Waals surface area contributed by atoms with Gasteiger partial charge in [0.05, 0.1) is 18.4 Å². The minimum Gasteiger partial charge on any atom is -0.468 e. The fraction of sp³-hybridized carbons (Fsp3) is 0.200. The molecule has 2 rings (SSSR count). The summed E-state index contributed by atoms with van der Waals surface area (Å²) in [4.78, 5) is 41.8. The second-order valence-corrected chi connectivity index (χ2v) is 6.23. The normalized spacial score (nSPS) is 11.1. The van der Waals surface area contributed by atoms with Gasteiger partial charge in [-0.1, -0.05) is 12.1 Å². The van der Waals surface area contributed by atoms with Crippen LogP contribution in [0.2, 0.25) is 0 Å². The Morgan fingerprint density at radius 1 is 0.966 bits per heavy atom. The quantitative estimate of drug-likeness (QED) is 0.245. The molecule has 9 heteroatoms. The van der Waals surface area contributed by atoms with Crippen LogP contribution >= 0.6 is 0 Å². The van der Waals surface area contributed by atoms with Crippen LogP contribution in [-0.4, -0.2) is 49.9 Å². The number of esters is 2. The fourth-order valence-electron chi connectivity index (χ4n) is 2.47. The topological polar surface area (TPSA) is 137 Å². The van der Waals surface area contributed by atoms with Gasteiger partial charge in [-0.3, -0.25) is 9.59 Å². The number of aliphatic imine (C=N–C) groups is 1. The van der Waals surface area contributed by atoms with Crippen molar-refractivity contribution in [1.82, 2.24) is 4.90 Å². The number of guanidine groups is 1. The van der Waals surface area contributed by atoms with Gasteiger partial charge in [0, 0.05) is 14.1 Å². The van der Waals surface area contributed by atoms with Crippen LogP contribution in [0, 0.1) is 0 Å². The maximum absolute atomic E-state index is 12.3. The summed E-state index contributed by atoms with van der Waals surface area (Å²) in [5, 5.41) is 0. The van der Waals surface area contributed by atoms with E-state index in [1.165, 1.54) is 48.4 Å². The van der Waals surface area contributed by atoms with E-state index in [2.05, 4.69) is 4.99 Å². The molecule has 0 aromatic heterocycles. The Kier molecular flexibility index (Phi) is 6.91. The number of carbonyl (C=O) groups excluding carboxylic acids is 3. The number of carbonyl (C=O) groups is 3. The average molecular weight is 398 g/mol. The first-order valence-corrected chi connectivity index (χ1v) is 8.53. The van der Waals surface area contributed by atoms with Crippen molar-refractivity contribution < 1.29 is 23.9 Å². The average Bonchev–Trinajstić information content (AvgIpc) is 2.69. The van der Waals surface area contributed by atoms with Crippen molar-refractivity contribution in [2.75, 3.05) is 21.2 Å². The van der Waals surface area contributed by atoms with E-state index >= 15 is 0 Å². The van der Waals surface area contributed by atoms with E-state index in [4.69, 9.17) is 20.9 Å². The molecule has 0 bridgehead atoms. The standard InChI is InChI=1S/C20H22N4O5/c1-24(2)17(25)16(19(27)28-3)12-6-10-15(11-7-12)29-18(26)13-4-8-14(9-5-13)23-20(21)22/h4-11,16H,1-3H3,(H4,21,22,23). The summed E-state index contributed by atoms with van der Waals surface area (Å²) in [5.41, 5.74) is 11.8. The number of hydrogen-bond acceptors (Lipinski definition) is 6. The number of amides is 1. The molecule has 2 aromatic rings. The number of ether oxygens (including phenoxy) is 2. The van der Waals surface area contributed by atoms with E-state index in [0.717, 1.165) is 0 Å². The van der Waals surface area contributed by atoms with Gasteiger partial charge in [0.2, 0.25) is 5.91 Å². The Morgan fingerprint density at radius 2 is 1.55 bits per heavy atom. The van der Waals surface area contributed by atoms with Gasteiger partial charge in [0.25, 0.3) is 0 Å². The number of likely N-dealkylation sites (N-methyl/N-ethyl adjacent to an activating group) is 1. The first-order chi connectivity index (χ1) is 13.7. The van der Waals surface area contributed by atoms with Crippen molar-refractivity contribution in [3.8, 4) is 5.75 Å². The molecule has 29 heavy (non-hydrogen) atoms. The summed E-state index contributed by atoms with van der Waals surface area (Å²) in [5.74, 6) is -2.59. The highest BCUT2D eigenvalue weighted by atomic mass is 16.5. The summed E-state index contributed by atoms with van der Waals surface area (Å²) in [6, 6.07) is 12.3.